The number of rotatable bonds is 7. The lowest BCUT2D eigenvalue weighted by Crippen LogP contribution is -2.14. The highest BCUT2D eigenvalue weighted by Gasteiger charge is 2.17. The van der Waals surface area contributed by atoms with Gasteiger partial charge >= 0.3 is 0 Å². The van der Waals surface area contributed by atoms with Crippen LogP contribution in [0.15, 0.2) is 53.1 Å². The second-order valence-corrected chi connectivity index (χ2v) is 6.93. The third-order valence-corrected chi connectivity index (χ3v) is 4.66. The molecule has 1 aromatic heterocycles. The van der Waals surface area contributed by atoms with Crippen molar-refractivity contribution in [2.75, 3.05) is 18.5 Å². The summed E-state index contributed by atoms with van der Waals surface area (Å²) in [5.41, 5.74) is 2.69. The molecule has 1 amide bonds. The summed E-state index contributed by atoms with van der Waals surface area (Å²) in [6, 6.07) is 13.1. The summed E-state index contributed by atoms with van der Waals surface area (Å²) in [5, 5.41) is 7.29. The molecule has 3 rings (SSSR count). The minimum Gasteiger partial charge on any atom is -0.494 e. The van der Waals surface area contributed by atoms with Gasteiger partial charge in [-0.05, 0) is 57.2 Å². The van der Waals surface area contributed by atoms with E-state index in [2.05, 4.69) is 26.3 Å². The van der Waals surface area contributed by atoms with Gasteiger partial charge in [-0.1, -0.05) is 15.9 Å². The fourth-order valence-corrected chi connectivity index (χ4v) is 3.07. The van der Waals surface area contributed by atoms with Gasteiger partial charge < -0.3 is 14.8 Å². The number of nitrogens with one attached hydrogen (secondary N) is 1. The summed E-state index contributed by atoms with van der Waals surface area (Å²) in [5.74, 6) is 1.01. The molecule has 0 saturated heterocycles. The van der Waals surface area contributed by atoms with Crippen molar-refractivity contribution in [3.8, 4) is 17.2 Å². The van der Waals surface area contributed by atoms with Crippen molar-refractivity contribution in [2.24, 2.45) is 0 Å². The van der Waals surface area contributed by atoms with Gasteiger partial charge in [0, 0.05) is 10.5 Å². The molecule has 0 bridgehead atoms. The summed E-state index contributed by atoms with van der Waals surface area (Å²) in [6.07, 6.45) is 1.57. The molecule has 2 aromatic carbocycles. The van der Waals surface area contributed by atoms with E-state index >= 15 is 0 Å². The third-order valence-electron chi connectivity index (χ3n) is 4.14. The number of nitrogens with zero attached hydrogens (tertiary/aromatic N) is 2. The molecular weight excluding hydrogens is 422 g/mol. The van der Waals surface area contributed by atoms with E-state index < -0.39 is 0 Å². The Labute approximate surface area is 172 Å². The Morgan fingerprint density at radius 3 is 2.50 bits per heavy atom. The number of anilines is 1. The van der Waals surface area contributed by atoms with Crippen LogP contribution in [0, 0.1) is 6.92 Å². The Morgan fingerprint density at radius 2 is 1.82 bits per heavy atom. The molecule has 1 heterocycles. The Morgan fingerprint density at radius 1 is 1.11 bits per heavy atom. The first-order chi connectivity index (χ1) is 13.5. The number of aromatic nitrogens is 2. The van der Waals surface area contributed by atoms with E-state index in [4.69, 9.17) is 9.47 Å². The smallest absolute Gasteiger partial charge is 0.259 e. The van der Waals surface area contributed by atoms with Crippen molar-refractivity contribution in [3.63, 3.8) is 0 Å². The normalized spacial score (nSPS) is 10.6. The van der Waals surface area contributed by atoms with Crippen molar-refractivity contribution in [3.05, 3.63) is 64.4 Å². The molecule has 0 atom stereocenters. The van der Waals surface area contributed by atoms with Gasteiger partial charge in [0.05, 0.1) is 42.0 Å². The number of hydrogen-bond acceptors (Lipinski definition) is 4. The van der Waals surface area contributed by atoms with E-state index in [1.165, 1.54) is 0 Å². The van der Waals surface area contributed by atoms with Gasteiger partial charge in [-0.15, -0.1) is 0 Å². The van der Waals surface area contributed by atoms with E-state index in [9.17, 15) is 4.79 Å². The van der Waals surface area contributed by atoms with Crippen molar-refractivity contribution in [1.29, 1.82) is 0 Å². The van der Waals surface area contributed by atoms with Gasteiger partial charge in [0.25, 0.3) is 5.91 Å². The standard InChI is InChI=1S/C21H22BrN3O3/c1-4-27-17-10-11-20(28-5-2)19(12-17)24-21(26)18-13-23-25(14(18)3)16-8-6-15(22)7-9-16/h6-13H,4-5H2,1-3H3,(H,24,26). The van der Waals surface area contributed by atoms with Gasteiger partial charge in [-0.25, -0.2) is 4.68 Å². The highest BCUT2D eigenvalue weighted by atomic mass is 79.9. The first kappa shape index (κ1) is 19.9. The topological polar surface area (TPSA) is 65.4 Å². The summed E-state index contributed by atoms with van der Waals surface area (Å²) in [7, 11) is 0. The zero-order valence-electron chi connectivity index (χ0n) is 16.0. The van der Waals surface area contributed by atoms with Gasteiger partial charge in [-0.3, -0.25) is 4.79 Å². The molecule has 0 spiro atoms. The number of ether oxygens (including phenoxy) is 2. The number of halogens is 1. The molecule has 146 valence electrons. The molecule has 0 radical (unpaired) electrons. The largest absolute Gasteiger partial charge is 0.494 e. The van der Waals surface area contributed by atoms with Crippen LogP contribution in [0.4, 0.5) is 5.69 Å². The molecule has 0 aliphatic rings. The fraction of sp³-hybridized carbons (Fsp3) is 0.238. The second kappa shape index (κ2) is 8.93. The van der Waals surface area contributed by atoms with E-state index in [-0.39, 0.29) is 5.91 Å². The third kappa shape index (κ3) is 4.36. The van der Waals surface area contributed by atoms with E-state index in [1.54, 1.807) is 23.0 Å². The fourth-order valence-electron chi connectivity index (χ4n) is 2.81. The van der Waals surface area contributed by atoms with Crippen molar-refractivity contribution in [1.82, 2.24) is 9.78 Å². The van der Waals surface area contributed by atoms with Crippen molar-refractivity contribution < 1.29 is 14.3 Å². The van der Waals surface area contributed by atoms with Crippen LogP contribution in [0.25, 0.3) is 5.69 Å². The number of hydrogen-bond donors (Lipinski definition) is 1. The van der Waals surface area contributed by atoms with Crippen LogP contribution in [0.3, 0.4) is 0 Å². The molecular formula is C21H22BrN3O3. The average molecular weight is 444 g/mol. The molecule has 0 unspecified atom stereocenters. The number of carbonyl (C=O) groups is 1. The van der Waals surface area contributed by atoms with E-state index in [0.717, 1.165) is 15.9 Å². The lowest BCUT2D eigenvalue weighted by molar-refractivity contribution is 0.102. The Balaban J connectivity index is 1.87. The maximum absolute atomic E-state index is 12.9. The highest BCUT2D eigenvalue weighted by Crippen LogP contribution is 2.30. The number of carbonyl (C=O) groups excluding carboxylic acids is 1. The van der Waals surface area contributed by atoms with Crippen LogP contribution >= 0.6 is 15.9 Å². The van der Waals surface area contributed by atoms with Crippen LogP contribution in [0.1, 0.15) is 29.9 Å². The van der Waals surface area contributed by atoms with Crippen LogP contribution in [-0.4, -0.2) is 28.9 Å². The minimum atomic E-state index is -0.254. The zero-order valence-corrected chi connectivity index (χ0v) is 17.6. The number of benzene rings is 2. The maximum atomic E-state index is 12.9. The molecule has 0 fully saturated rings. The maximum Gasteiger partial charge on any atom is 0.259 e. The molecule has 6 nitrogen and oxygen atoms in total. The van der Waals surface area contributed by atoms with Crippen LogP contribution in [-0.2, 0) is 0 Å². The number of amides is 1. The Bertz CT molecular complexity index is 968. The van der Waals surface area contributed by atoms with Crippen molar-refractivity contribution in [2.45, 2.75) is 20.8 Å². The van der Waals surface area contributed by atoms with Crippen molar-refractivity contribution >= 4 is 27.5 Å². The Hall–Kier alpha value is -2.80. The molecule has 7 heteroatoms. The van der Waals surface area contributed by atoms with Gasteiger partial charge in [0.1, 0.15) is 11.5 Å². The van der Waals surface area contributed by atoms with Gasteiger partial charge in [0.2, 0.25) is 0 Å². The predicted octanol–water partition coefficient (Wildman–Crippen LogP) is 4.99. The van der Waals surface area contributed by atoms with Crippen LogP contribution < -0.4 is 14.8 Å². The lowest BCUT2D eigenvalue weighted by Gasteiger charge is -2.13. The van der Waals surface area contributed by atoms with E-state index in [0.29, 0.717) is 36.0 Å². The molecule has 1 N–H and O–H groups in total. The van der Waals surface area contributed by atoms with Gasteiger partial charge in [-0.2, -0.15) is 5.10 Å². The molecule has 0 aliphatic heterocycles. The van der Waals surface area contributed by atoms with Crippen LogP contribution in [0.2, 0.25) is 0 Å². The molecule has 0 aliphatic carbocycles. The highest BCUT2D eigenvalue weighted by molar-refractivity contribution is 9.10. The predicted molar refractivity (Wildman–Crippen MR) is 113 cm³/mol. The second-order valence-electron chi connectivity index (χ2n) is 6.01. The average Bonchev–Trinajstić information content (AvgIpc) is 3.06. The SMILES string of the molecule is CCOc1ccc(OCC)c(NC(=O)c2cnn(-c3ccc(Br)cc3)c2C)c1. The van der Waals surface area contributed by atoms with E-state index in [1.807, 2.05) is 51.1 Å². The Kier molecular flexibility index (Phi) is 6.36. The summed E-state index contributed by atoms with van der Waals surface area (Å²) in [4.78, 5) is 12.9. The first-order valence-corrected chi connectivity index (χ1v) is 9.84. The minimum absolute atomic E-state index is 0.254. The monoisotopic (exact) mass is 443 g/mol. The summed E-state index contributed by atoms with van der Waals surface area (Å²) < 4.78 is 13.9. The summed E-state index contributed by atoms with van der Waals surface area (Å²) >= 11 is 3.42. The lowest BCUT2D eigenvalue weighted by atomic mass is 10.2. The van der Waals surface area contributed by atoms with Gasteiger partial charge in [0.15, 0.2) is 0 Å². The van der Waals surface area contributed by atoms with Crippen LogP contribution in [0.5, 0.6) is 11.5 Å². The zero-order chi connectivity index (χ0) is 20.1. The summed E-state index contributed by atoms with van der Waals surface area (Å²) in [6.45, 7) is 6.71. The molecule has 0 saturated carbocycles. The molecule has 28 heavy (non-hydrogen) atoms. The molecule has 3 aromatic rings. The quantitative estimate of drug-likeness (QED) is 0.558. The first-order valence-electron chi connectivity index (χ1n) is 9.05.